The second kappa shape index (κ2) is 10.3. The Hall–Kier alpha value is -3.85. The van der Waals surface area contributed by atoms with E-state index in [0.29, 0.717) is 40.9 Å². The minimum absolute atomic E-state index is 0.0503. The van der Waals surface area contributed by atoms with Crippen molar-refractivity contribution in [3.05, 3.63) is 105 Å². The van der Waals surface area contributed by atoms with Crippen LogP contribution in [0, 0.1) is 19.3 Å². The van der Waals surface area contributed by atoms with E-state index in [1.54, 1.807) is 37.3 Å². The van der Waals surface area contributed by atoms with E-state index in [9.17, 15) is 14.7 Å². The van der Waals surface area contributed by atoms with Crippen molar-refractivity contribution in [2.24, 2.45) is 5.41 Å². The lowest BCUT2D eigenvalue weighted by Crippen LogP contribution is -2.44. The average molecular weight is 543 g/mol. The molecule has 1 unspecified atom stereocenters. The van der Waals surface area contributed by atoms with Gasteiger partial charge in [0.25, 0.3) is 5.91 Å². The number of ether oxygens (including phenoxy) is 2. The Bertz CT molecular complexity index is 1600. The number of fused-ring (bicyclic) bond motifs is 1. The quantitative estimate of drug-likeness (QED) is 0.348. The lowest BCUT2D eigenvalue weighted by atomic mass is 9.85. The molecular formula is C32H34N2O6. The van der Waals surface area contributed by atoms with Gasteiger partial charge in [0.05, 0.1) is 24.3 Å². The summed E-state index contributed by atoms with van der Waals surface area (Å²) in [6, 6.07) is 19.7. The van der Waals surface area contributed by atoms with Crippen molar-refractivity contribution in [3.63, 3.8) is 0 Å². The number of hydrogen-bond acceptors (Lipinski definition) is 7. The standard InChI is InChI=1S/C32H34N2O6/c1-20-6-8-22(9-7-20)17-32(37,24-12-10-23(11-13-24)31(5)38-18-30(3,4)19-39-31)29(36)33-25-14-15-26-27(16-25)21(2)34-40-28(26)35/h6-16,37H,17-19H2,1-5H3,(H,33,36). The molecule has 8 nitrogen and oxygen atoms in total. The van der Waals surface area contributed by atoms with Crippen LogP contribution in [0.5, 0.6) is 0 Å². The number of benzene rings is 3. The van der Waals surface area contributed by atoms with Crippen LogP contribution in [0.1, 0.15) is 48.7 Å². The number of carbonyl (C=O) groups excluding carboxylic acids is 1. The number of rotatable bonds is 6. The van der Waals surface area contributed by atoms with Crippen LogP contribution in [0.4, 0.5) is 5.69 Å². The van der Waals surface area contributed by atoms with Crippen molar-refractivity contribution in [1.82, 2.24) is 5.16 Å². The molecule has 0 radical (unpaired) electrons. The van der Waals surface area contributed by atoms with E-state index in [1.807, 2.05) is 50.2 Å². The van der Waals surface area contributed by atoms with E-state index in [1.165, 1.54) is 0 Å². The largest absolute Gasteiger partial charge is 0.375 e. The molecule has 1 aliphatic heterocycles. The molecule has 5 rings (SSSR count). The lowest BCUT2D eigenvalue weighted by molar-refractivity contribution is -0.298. The predicted octanol–water partition coefficient (Wildman–Crippen LogP) is 5.12. The highest BCUT2D eigenvalue weighted by Gasteiger charge is 2.41. The van der Waals surface area contributed by atoms with Crippen molar-refractivity contribution >= 4 is 22.4 Å². The first kappa shape index (κ1) is 27.7. The average Bonchev–Trinajstić information content (AvgIpc) is 2.94. The van der Waals surface area contributed by atoms with Gasteiger partial charge in [-0.25, -0.2) is 4.79 Å². The highest BCUT2D eigenvalue weighted by molar-refractivity contribution is 6.00. The Kier molecular flexibility index (Phi) is 7.12. The third kappa shape index (κ3) is 5.43. The normalized spacial score (nSPS) is 17.8. The molecule has 8 heteroatoms. The van der Waals surface area contributed by atoms with Crippen molar-refractivity contribution in [2.75, 3.05) is 18.5 Å². The molecule has 4 aromatic rings. The topological polar surface area (TPSA) is 111 Å². The monoisotopic (exact) mass is 542 g/mol. The Balaban J connectivity index is 1.48. The molecule has 3 aromatic carbocycles. The van der Waals surface area contributed by atoms with E-state index < -0.39 is 22.9 Å². The fourth-order valence-corrected chi connectivity index (χ4v) is 4.82. The third-order valence-corrected chi connectivity index (χ3v) is 7.47. The summed E-state index contributed by atoms with van der Waals surface area (Å²) in [6.45, 7) is 10.8. The lowest BCUT2D eigenvalue weighted by Gasteiger charge is -2.41. The van der Waals surface area contributed by atoms with Crippen LogP contribution in [-0.2, 0) is 32.1 Å². The number of aromatic nitrogens is 1. The van der Waals surface area contributed by atoms with E-state index >= 15 is 0 Å². The zero-order chi connectivity index (χ0) is 28.7. The van der Waals surface area contributed by atoms with Crippen LogP contribution < -0.4 is 10.9 Å². The number of aryl methyl sites for hydroxylation is 2. The molecule has 2 N–H and O–H groups in total. The molecule has 1 saturated heterocycles. The smallest absolute Gasteiger partial charge is 0.366 e. The molecule has 0 aliphatic carbocycles. The number of aliphatic hydroxyl groups is 1. The maximum Gasteiger partial charge on any atom is 0.366 e. The van der Waals surface area contributed by atoms with Gasteiger partial charge in [0.15, 0.2) is 11.4 Å². The van der Waals surface area contributed by atoms with Crippen LogP contribution in [0.2, 0.25) is 0 Å². The Morgan fingerprint density at radius 3 is 2.25 bits per heavy atom. The molecule has 2 heterocycles. The predicted molar refractivity (Wildman–Crippen MR) is 152 cm³/mol. The van der Waals surface area contributed by atoms with E-state index in [-0.39, 0.29) is 11.8 Å². The fraction of sp³-hybridized carbons (Fsp3) is 0.344. The number of nitrogens with one attached hydrogen (secondary N) is 1. The summed E-state index contributed by atoms with van der Waals surface area (Å²) in [4.78, 5) is 25.9. The van der Waals surface area contributed by atoms with Crippen LogP contribution in [0.25, 0.3) is 10.8 Å². The molecule has 40 heavy (non-hydrogen) atoms. The first-order chi connectivity index (χ1) is 18.9. The minimum Gasteiger partial charge on any atom is -0.375 e. The zero-order valence-electron chi connectivity index (χ0n) is 23.4. The van der Waals surface area contributed by atoms with Crippen LogP contribution in [0.3, 0.4) is 0 Å². The molecule has 1 atom stereocenters. The Morgan fingerprint density at radius 2 is 1.60 bits per heavy atom. The van der Waals surface area contributed by atoms with Gasteiger partial charge in [-0.1, -0.05) is 73.1 Å². The molecule has 1 aliphatic rings. The number of nitrogens with zero attached hydrogens (tertiary/aromatic N) is 1. The molecule has 0 spiro atoms. The number of hydrogen-bond donors (Lipinski definition) is 2. The van der Waals surface area contributed by atoms with Gasteiger partial charge in [0.1, 0.15) is 0 Å². The van der Waals surface area contributed by atoms with Crippen molar-refractivity contribution < 1.29 is 23.9 Å². The number of carbonyl (C=O) groups is 1. The SMILES string of the molecule is Cc1ccc(CC(O)(C(=O)Nc2ccc3c(=O)onc(C)c3c2)c2ccc(C3(C)OCC(C)(C)CO3)cc2)cc1. The van der Waals surface area contributed by atoms with Crippen LogP contribution in [0.15, 0.2) is 76.0 Å². The summed E-state index contributed by atoms with van der Waals surface area (Å²) in [5.41, 5.74) is 1.50. The van der Waals surface area contributed by atoms with Crippen molar-refractivity contribution in [2.45, 2.75) is 52.4 Å². The molecule has 208 valence electrons. The van der Waals surface area contributed by atoms with Gasteiger partial charge >= 0.3 is 5.63 Å². The van der Waals surface area contributed by atoms with Gasteiger partial charge in [-0.2, -0.15) is 0 Å². The highest BCUT2D eigenvalue weighted by Crippen LogP contribution is 2.37. The van der Waals surface area contributed by atoms with Gasteiger partial charge in [-0.05, 0) is 50.1 Å². The van der Waals surface area contributed by atoms with E-state index in [0.717, 1.165) is 16.7 Å². The maximum absolute atomic E-state index is 13.8. The second-order valence-corrected chi connectivity index (χ2v) is 11.6. The number of anilines is 1. The molecule has 1 fully saturated rings. The first-order valence-electron chi connectivity index (χ1n) is 13.3. The third-order valence-electron chi connectivity index (χ3n) is 7.47. The first-order valence-corrected chi connectivity index (χ1v) is 13.3. The van der Waals surface area contributed by atoms with E-state index in [2.05, 4.69) is 24.3 Å². The van der Waals surface area contributed by atoms with Gasteiger partial charge < -0.3 is 24.4 Å². The minimum atomic E-state index is -1.90. The summed E-state index contributed by atoms with van der Waals surface area (Å²) >= 11 is 0. The molecule has 0 bridgehead atoms. The van der Waals surface area contributed by atoms with Gasteiger partial charge in [-0.15, -0.1) is 0 Å². The Labute approximate surface area is 232 Å². The molecule has 1 amide bonds. The summed E-state index contributed by atoms with van der Waals surface area (Å²) in [6.07, 6.45) is 0.0503. The Morgan fingerprint density at radius 1 is 0.950 bits per heavy atom. The molecular weight excluding hydrogens is 508 g/mol. The highest BCUT2D eigenvalue weighted by atomic mass is 16.7. The fourth-order valence-electron chi connectivity index (χ4n) is 4.82. The zero-order valence-corrected chi connectivity index (χ0v) is 23.4. The van der Waals surface area contributed by atoms with Crippen molar-refractivity contribution in [3.8, 4) is 0 Å². The molecule has 0 saturated carbocycles. The summed E-state index contributed by atoms with van der Waals surface area (Å²) in [7, 11) is 0. The van der Waals surface area contributed by atoms with Gasteiger partial charge in [0.2, 0.25) is 0 Å². The number of amides is 1. The van der Waals surface area contributed by atoms with Crippen LogP contribution >= 0.6 is 0 Å². The molecule has 1 aromatic heterocycles. The second-order valence-electron chi connectivity index (χ2n) is 11.6. The van der Waals surface area contributed by atoms with Gasteiger partial charge in [-0.3, -0.25) is 4.79 Å². The van der Waals surface area contributed by atoms with E-state index in [4.69, 9.17) is 14.0 Å². The summed E-state index contributed by atoms with van der Waals surface area (Å²) < 4.78 is 17.0. The summed E-state index contributed by atoms with van der Waals surface area (Å²) in [5, 5.41) is 19.6. The van der Waals surface area contributed by atoms with Crippen molar-refractivity contribution in [1.29, 1.82) is 0 Å². The maximum atomic E-state index is 13.8. The summed E-state index contributed by atoms with van der Waals surface area (Å²) in [5.74, 6) is -1.53. The van der Waals surface area contributed by atoms with Crippen LogP contribution in [-0.4, -0.2) is 29.4 Å². The van der Waals surface area contributed by atoms with Gasteiger partial charge in [0, 0.05) is 28.5 Å².